The molecule has 0 aromatic rings. The van der Waals surface area contributed by atoms with E-state index >= 15 is 4.39 Å². The molecular weight excluding hydrogens is 375 g/mol. The van der Waals surface area contributed by atoms with Crippen LogP contribution in [0.15, 0.2) is 11.4 Å². The molecule has 0 spiro atoms. The zero-order valence-electron chi connectivity index (χ0n) is 20.4. The minimum absolute atomic E-state index is 0.0213. The molecule has 7 unspecified atom stereocenters. The van der Waals surface area contributed by atoms with Gasteiger partial charge in [-0.25, -0.2) is 4.39 Å². The summed E-state index contributed by atoms with van der Waals surface area (Å²) in [5, 5.41) is 20.2. The van der Waals surface area contributed by atoms with Crippen molar-refractivity contribution in [3.63, 3.8) is 0 Å². The van der Waals surface area contributed by atoms with Gasteiger partial charge in [0, 0.05) is 6.42 Å². The van der Waals surface area contributed by atoms with Gasteiger partial charge in [0.15, 0.2) is 0 Å². The van der Waals surface area contributed by atoms with E-state index in [1.54, 1.807) is 0 Å². The molecule has 2 nitrogen and oxygen atoms in total. The van der Waals surface area contributed by atoms with E-state index in [9.17, 15) is 10.2 Å². The second-order valence-corrected chi connectivity index (χ2v) is 11.8. The Balaban J connectivity index is 0.00000124. The first kappa shape index (κ1) is 24.2. The summed E-state index contributed by atoms with van der Waals surface area (Å²) in [5.74, 6) is 2.59. The Morgan fingerprint density at radius 1 is 1.00 bits per heavy atom. The van der Waals surface area contributed by atoms with E-state index in [0.717, 1.165) is 37.2 Å². The number of fused-ring (bicyclic) bond motifs is 5. The minimum Gasteiger partial charge on any atom is -0.393 e. The maximum Gasteiger partial charge on any atom is 0.100 e. The molecule has 3 saturated carbocycles. The number of aliphatic hydroxyl groups is 2. The molecule has 30 heavy (non-hydrogen) atoms. The molecule has 3 heteroatoms. The van der Waals surface area contributed by atoms with Gasteiger partial charge in [0.1, 0.15) is 5.83 Å². The summed E-state index contributed by atoms with van der Waals surface area (Å²) in [7, 11) is 0. The average molecular weight is 423 g/mol. The highest BCUT2D eigenvalue weighted by molar-refractivity contribution is 5.28. The van der Waals surface area contributed by atoms with Crippen LogP contribution in [0.25, 0.3) is 0 Å². The van der Waals surface area contributed by atoms with Gasteiger partial charge in [-0.2, -0.15) is 0 Å². The van der Waals surface area contributed by atoms with Crippen molar-refractivity contribution in [1.82, 2.24) is 0 Å². The lowest BCUT2D eigenvalue weighted by molar-refractivity contribution is -0.0579. The van der Waals surface area contributed by atoms with Crippen LogP contribution < -0.4 is 0 Å². The maximum absolute atomic E-state index is 15.3. The molecule has 4 aliphatic rings. The Morgan fingerprint density at radius 2 is 1.70 bits per heavy atom. The highest BCUT2D eigenvalue weighted by atomic mass is 19.1. The molecule has 0 heterocycles. The van der Waals surface area contributed by atoms with Crippen molar-refractivity contribution in [1.29, 1.82) is 0 Å². The number of aliphatic hydroxyl groups excluding tert-OH is 1. The Bertz CT molecular complexity index is 635. The Kier molecular flexibility index (Phi) is 7.15. The third-order valence-electron chi connectivity index (χ3n) is 9.66. The van der Waals surface area contributed by atoms with Crippen LogP contribution in [0.3, 0.4) is 0 Å². The third kappa shape index (κ3) is 4.27. The van der Waals surface area contributed by atoms with Gasteiger partial charge < -0.3 is 10.2 Å². The summed E-state index contributed by atoms with van der Waals surface area (Å²) in [6.07, 6.45) is 10.8. The van der Waals surface area contributed by atoms with Gasteiger partial charge in [0.2, 0.25) is 0 Å². The van der Waals surface area contributed by atoms with Crippen LogP contribution in [0.5, 0.6) is 0 Å². The van der Waals surface area contributed by atoms with Crippen molar-refractivity contribution in [2.75, 3.05) is 0 Å². The number of hydrogen-bond donors (Lipinski definition) is 2. The fraction of sp³-hybridized carbons (Fsp3) is 0.926. The van der Waals surface area contributed by atoms with Gasteiger partial charge in [0.05, 0.1) is 11.7 Å². The van der Waals surface area contributed by atoms with Crippen LogP contribution in [-0.4, -0.2) is 21.9 Å². The fourth-order valence-corrected chi connectivity index (χ4v) is 8.08. The lowest BCUT2D eigenvalue weighted by atomic mass is 9.47. The molecule has 3 fully saturated rings. The Hall–Kier alpha value is -0.410. The topological polar surface area (TPSA) is 40.5 Å². The summed E-state index contributed by atoms with van der Waals surface area (Å²) in [5.41, 5.74) is 0.732. The molecule has 0 aromatic carbocycles. The van der Waals surface area contributed by atoms with Gasteiger partial charge >= 0.3 is 0 Å². The maximum atomic E-state index is 15.3. The highest BCUT2D eigenvalue weighted by Gasteiger charge is 2.59. The first-order valence-electron chi connectivity index (χ1n) is 12.8. The first-order valence-corrected chi connectivity index (χ1v) is 12.8. The van der Waals surface area contributed by atoms with Crippen LogP contribution in [0.1, 0.15) is 112 Å². The smallest absolute Gasteiger partial charge is 0.100 e. The van der Waals surface area contributed by atoms with Crippen LogP contribution in [-0.2, 0) is 0 Å². The second-order valence-electron chi connectivity index (χ2n) is 11.8. The third-order valence-corrected chi connectivity index (χ3v) is 9.66. The lowest BCUT2D eigenvalue weighted by Crippen LogP contribution is -2.51. The quantitative estimate of drug-likeness (QED) is 0.503. The summed E-state index contributed by atoms with van der Waals surface area (Å²) in [6, 6.07) is 0. The van der Waals surface area contributed by atoms with Gasteiger partial charge in [-0.1, -0.05) is 34.1 Å². The Morgan fingerprint density at radius 3 is 2.37 bits per heavy atom. The van der Waals surface area contributed by atoms with Gasteiger partial charge in [-0.3, -0.25) is 0 Å². The molecule has 0 saturated heterocycles. The lowest BCUT2D eigenvalue weighted by Gasteiger charge is -2.58. The van der Waals surface area contributed by atoms with Gasteiger partial charge in [-0.15, -0.1) is 0 Å². The molecule has 2 N–H and O–H groups in total. The zero-order chi connectivity index (χ0) is 22.3. The van der Waals surface area contributed by atoms with Gasteiger partial charge in [0.25, 0.3) is 0 Å². The van der Waals surface area contributed by atoms with E-state index in [-0.39, 0.29) is 17.3 Å². The SMILES string of the molecule is CC.CC(C)(O)CCCC1CCC2C3CC(F)=C4CC(O)CCC4(C)C3CCC12C. The van der Waals surface area contributed by atoms with Crippen molar-refractivity contribution in [2.45, 2.75) is 124 Å². The molecule has 4 aliphatic carbocycles. The van der Waals surface area contributed by atoms with Crippen LogP contribution in [0.2, 0.25) is 0 Å². The summed E-state index contributed by atoms with van der Waals surface area (Å²) < 4.78 is 15.3. The number of halogens is 1. The van der Waals surface area contributed by atoms with Crippen molar-refractivity contribution >= 4 is 0 Å². The zero-order valence-corrected chi connectivity index (χ0v) is 20.4. The Labute approximate surface area is 184 Å². The van der Waals surface area contributed by atoms with E-state index in [1.165, 1.54) is 32.1 Å². The number of rotatable bonds is 4. The minimum atomic E-state index is -0.565. The summed E-state index contributed by atoms with van der Waals surface area (Å²) in [4.78, 5) is 0. The molecule has 0 bridgehead atoms. The predicted molar refractivity (Wildman–Crippen MR) is 123 cm³/mol. The van der Waals surface area contributed by atoms with Crippen molar-refractivity contribution < 1.29 is 14.6 Å². The fourth-order valence-electron chi connectivity index (χ4n) is 8.08. The normalized spacial score (nSPS) is 43.3. The van der Waals surface area contributed by atoms with Crippen LogP contribution >= 0.6 is 0 Å². The van der Waals surface area contributed by atoms with Crippen molar-refractivity contribution in [3.05, 3.63) is 11.4 Å². The van der Waals surface area contributed by atoms with Gasteiger partial charge in [-0.05, 0) is 112 Å². The monoisotopic (exact) mass is 422 g/mol. The predicted octanol–water partition coefficient (Wildman–Crippen LogP) is 7.19. The molecule has 0 aliphatic heterocycles. The van der Waals surface area contributed by atoms with Crippen molar-refractivity contribution in [3.8, 4) is 0 Å². The molecule has 0 aromatic heterocycles. The van der Waals surface area contributed by atoms with E-state index < -0.39 is 5.60 Å². The van der Waals surface area contributed by atoms with E-state index in [2.05, 4.69) is 13.8 Å². The molecular formula is C27H47FO2. The molecule has 7 atom stereocenters. The summed E-state index contributed by atoms with van der Waals surface area (Å²) in [6.45, 7) is 12.6. The summed E-state index contributed by atoms with van der Waals surface area (Å²) >= 11 is 0. The molecule has 4 rings (SSSR count). The number of hydrogen-bond acceptors (Lipinski definition) is 2. The van der Waals surface area contributed by atoms with E-state index in [0.29, 0.717) is 36.0 Å². The molecule has 0 amide bonds. The van der Waals surface area contributed by atoms with Crippen molar-refractivity contribution in [2.24, 2.45) is 34.5 Å². The second kappa shape index (κ2) is 8.85. The van der Waals surface area contributed by atoms with Crippen LogP contribution in [0, 0.1) is 34.5 Å². The molecule has 0 radical (unpaired) electrons. The first-order chi connectivity index (χ1) is 14.0. The standard InChI is InChI=1S/C25H41FO2.C2H6/c1-23(2,28)11-5-6-16-7-8-19-18-15-22(26)21-14-17(27)9-12-25(21,4)20(18)10-13-24(16,19)3;1-2/h16-20,27-28H,5-15H2,1-4H3;1-2H3. The number of allylic oxidation sites excluding steroid dienone is 1. The highest BCUT2D eigenvalue weighted by Crippen LogP contribution is 2.67. The van der Waals surface area contributed by atoms with E-state index in [1.807, 2.05) is 27.7 Å². The average Bonchev–Trinajstić information content (AvgIpc) is 3.01. The van der Waals surface area contributed by atoms with Crippen LogP contribution in [0.4, 0.5) is 4.39 Å². The largest absolute Gasteiger partial charge is 0.393 e. The molecule has 174 valence electrons. The van der Waals surface area contributed by atoms with E-state index in [4.69, 9.17) is 0 Å².